The predicted octanol–water partition coefficient (Wildman–Crippen LogP) is 3.40. The van der Waals surface area contributed by atoms with E-state index in [9.17, 15) is 0 Å². The lowest BCUT2D eigenvalue weighted by Gasteiger charge is -2.34. The molecule has 0 amide bonds. The van der Waals surface area contributed by atoms with Gasteiger partial charge in [0.25, 0.3) is 0 Å². The van der Waals surface area contributed by atoms with Crippen LogP contribution in [-0.4, -0.2) is 47.4 Å². The third kappa shape index (κ3) is 4.44. The Labute approximate surface area is 180 Å². The van der Waals surface area contributed by atoms with E-state index in [4.69, 9.17) is 4.74 Å². The third-order valence-electron chi connectivity index (χ3n) is 4.67. The number of ether oxygens (including phenoxy) is 1. The molecule has 1 fully saturated rings. The molecule has 3 heterocycles. The van der Waals surface area contributed by atoms with Gasteiger partial charge < -0.3 is 15.0 Å². The molecule has 144 valence electrons. The van der Waals surface area contributed by atoms with Crippen molar-refractivity contribution in [2.45, 2.75) is 12.6 Å². The first-order chi connectivity index (χ1) is 12.7. The zero-order valence-corrected chi connectivity index (χ0v) is 18.6. The van der Waals surface area contributed by atoms with Gasteiger partial charge in [-0.25, -0.2) is 0 Å². The number of halogens is 1. The number of hydrogen-bond donors (Lipinski definition) is 1. The maximum Gasteiger partial charge on any atom is 0.194 e. The highest BCUT2D eigenvalue weighted by molar-refractivity contribution is 14.0. The number of fused-ring (bicyclic) bond motifs is 1. The first-order valence-electron chi connectivity index (χ1n) is 8.75. The standard InChI is InChI=1S/C19H23N5OS.HI/c1-20-19(21-9-15-13-26-18-6-4-3-5-16(15)18)24-7-8-25-17(12-24)14-10-22-23(2)11-14;/h3-6,10-11,13,17H,7-9,12H2,1-2H3,(H,20,21);1H. The van der Waals surface area contributed by atoms with E-state index in [0.717, 1.165) is 31.2 Å². The lowest BCUT2D eigenvalue weighted by molar-refractivity contribution is -0.00805. The number of rotatable bonds is 3. The normalized spacial score (nSPS) is 17.8. The summed E-state index contributed by atoms with van der Waals surface area (Å²) in [5.41, 5.74) is 2.42. The second-order valence-electron chi connectivity index (χ2n) is 6.41. The number of morpholine rings is 1. The average Bonchev–Trinajstić information content (AvgIpc) is 3.29. The Morgan fingerprint density at radius 2 is 2.26 bits per heavy atom. The van der Waals surface area contributed by atoms with Crippen molar-refractivity contribution in [2.75, 3.05) is 26.7 Å². The molecule has 3 aromatic rings. The summed E-state index contributed by atoms with van der Waals surface area (Å²) >= 11 is 1.79. The number of thiophene rings is 1. The maximum absolute atomic E-state index is 5.93. The molecule has 0 aliphatic carbocycles. The molecule has 1 N–H and O–H groups in total. The van der Waals surface area contributed by atoms with E-state index in [1.807, 2.05) is 31.2 Å². The maximum atomic E-state index is 5.93. The molecule has 1 aliphatic heterocycles. The van der Waals surface area contributed by atoms with Crippen LogP contribution in [0.5, 0.6) is 0 Å². The second-order valence-corrected chi connectivity index (χ2v) is 7.32. The van der Waals surface area contributed by atoms with Gasteiger partial charge in [-0.15, -0.1) is 35.3 Å². The minimum Gasteiger partial charge on any atom is -0.370 e. The summed E-state index contributed by atoms with van der Waals surface area (Å²) in [6.07, 6.45) is 3.92. The Hall–Kier alpha value is -1.65. The smallest absolute Gasteiger partial charge is 0.194 e. The Morgan fingerprint density at radius 1 is 1.41 bits per heavy atom. The van der Waals surface area contributed by atoms with Gasteiger partial charge in [0.15, 0.2) is 5.96 Å². The highest BCUT2D eigenvalue weighted by atomic mass is 127. The number of aryl methyl sites for hydroxylation is 1. The number of guanidine groups is 1. The summed E-state index contributed by atoms with van der Waals surface area (Å²) in [4.78, 5) is 6.74. The van der Waals surface area contributed by atoms with Crippen LogP contribution in [0.1, 0.15) is 17.2 Å². The first-order valence-corrected chi connectivity index (χ1v) is 9.63. The lowest BCUT2D eigenvalue weighted by atomic mass is 10.1. The molecule has 0 saturated carbocycles. The van der Waals surface area contributed by atoms with Crippen molar-refractivity contribution < 1.29 is 4.74 Å². The van der Waals surface area contributed by atoms with E-state index >= 15 is 0 Å². The SMILES string of the molecule is CN=C(NCc1csc2ccccc12)N1CCOC(c2cnn(C)c2)C1.I. The van der Waals surface area contributed by atoms with Crippen LogP contribution in [0.4, 0.5) is 0 Å². The van der Waals surface area contributed by atoms with E-state index in [2.05, 4.69) is 50.0 Å². The van der Waals surface area contributed by atoms with Crippen LogP contribution in [0.25, 0.3) is 10.1 Å². The third-order valence-corrected chi connectivity index (χ3v) is 5.68. The molecule has 1 aromatic carbocycles. The molecule has 1 atom stereocenters. The number of benzene rings is 1. The molecule has 0 bridgehead atoms. The van der Waals surface area contributed by atoms with E-state index in [1.54, 1.807) is 11.3 Å². The monoisotopic (exact) mass is 497 g/mol. The first kappa shape index (κ1) is 20.1. The van der Waals surface area contributed by atoms with Gasteiger partial charge >= 0.3 is 0 Å². The fourth-order valence-corrected chi connectivity index (χ4v) is 4.29. The number of nitrogens with zero attached hydrogens (tertiary/aromatic N) is 4. The van der Waals surface area contributed by atoms with Crippen LogP contribution in [0.2, 0.25) is 0 Å². The van der Waals surface area contributed by atoms with Gasteiger partial charge in [-0.3, -0.25) is 9.67 Å². The zero-order valence-electron chi connectivity index (χ0n) is 15.5. The zero-order chi connectivity index (χ0) is 17.9. The molecule has 1 saturated heterocycles. The number of nitrogens with one attached hydrogen (secondary N) is 1. The molecular formula is C19H24IN5OS. The topological polar surface area (TPSA) is 54.7 Å². The highest BCUT2D eigenvalue weighted by Gasteiger charge is 2.25. The molecule has 27 heavy (non-hydrogen) atoms. The summed E-state index contributed by atoms with van der Waals surface area (Å²) in [6.45, 7) is 3.06. The molecular weight excluding hydrogens is 473 g/mol. The summed E-state index contributed by atoms with van der Waals surface area (Å²) in [7, 11) is 3.76. The van der Waals surface area contributed by atoms with Gasteiger partial charge in [0.1, 0.15) is 6.10 Å². The van der Waals surface area contributed by atoms with E-state index in [0.29, 0.717) is 6.61 Å². The van der Waals surface area contributed by atoms with Crippen LogP contribution < -0.4 is 5.32 Å². The number of aromatic nitrogens is 2. The fraction of sp³-hybridized carbons (Fsp3) is 0.368. The van der Waals surface area contributed by atoms with Crippen LogP contribution in [0, 0.1) is 0 Å². The summed E-state index contributed by atoms with van der Waals surface area (Å²) in [5, 5.41) is 11.3. The molecule has 6 nitrogen and oxygen atoms in total. The Balaban J connectivity index is 0.00000210. The van der Waals surface area contributed by atoms with Crippen LogP contribution in [-0.2, 0) is 18.3 Å². The van der Waals surface area contributed by atoms with Gasteiger partial charge in [-0.2, -0.15) is 5.10 Å². The van der Waals surface area contributed by atoms with E-state index < -0.39 is 0 Å². The largest absolute Gasteiger partial charge is 0.370 e. The van der Waals surface area contributed by atoms with Gasteiger partial charge in [-0.05, 0) is 22.4 Å². The lowest BCUT2D eigenvalue weighted by Crippen LogP contribution is -2.47. The predicted molar refractivity (Wildman–Crippen MR) is 121 cm³/mol. The van der Waals surface area contributed by atoms with Gasteiger partial charge in [0.05, 0.1) is 19.3 Å². The Kier molecular flexibility index (Phi) is 6.72. The summed E-state index contributed by atoms with van der Waals surface area (Å²) < 4.78 is 9.07. The molecule has 0 radical (unpaired) electrons. The number of hydrogen-bond acceptors (Lipinski definition) is 4. The summed E-state index contributed by atoms with van der Waals surface area (Å²) in [6, 6.07) is 8.52. The average molecular weight is 497 g/mol. The van der Waals surface area contributed by atoms with Crippen molar-refractivity contribution in [1.82, 2.24) is 20.0 Å². The van der Waals surface area contributed by atoms with Crippen molar-refractivity contribution in [3.8, 4) is 0 Å². The number of aliphatic imine (C=N–C) groups is 1. The van der Waals surface area contributed by atoms with Gasteiger partial charge in [-0.1, -0.05) is 18.2 Å². The molecule has 0 spiro atoms. The molecule has 1 aliphatic rings. The summed E-state index contributed by atoms with van der Waals surface area (Å²) in [5.74, 6) is 0.914. The van der Waals surface area contributed by atoms with Crippen molar-refractivity contribution in [2.24, 2.45) is 12.0 Å². The van der Waals surface area contributed by atoms with Crippen molar-refractivity contribution in [3.05, 3.63) is 53.2 Å². The Morgan fingerprint density at radius 3 is 3.04 bits per heavy atom. The van der Waals surface area contributed by atoms with Crippen LogP contribution in [0.3, 0.4) is 0 Å². The minimum atomic E-state index is 0. The van der Waals surface area contributed by atoms with Gasteiger partial charge in [0, 0.05) is 43.6 Å². The fourth-order valence-electron chi connectivity index (χ4n) is 3.33. The van der Waals surface area contributed by atoms with Crippen molar-refractivity contribution in [1.29, 1.82) is 0 Å². The molecule has 4 rings (SSSR count). The molecule has 2 aromatic heterocycles. The van der Waals surface area contributed by atoms with Crippen molar-refractivity contribution >= 4 is 51.4 Å². The highest BCUT2D eigenvalue weighted by Crippen LogP contribution is 2.26. The van der Waals surface area contributed by atoms with E-state index in [1.165, 1.54) is 15.6 Å². The second kappa shape index (κ2) is 9.03. The molecule has 1 unspecified atom stereocenters. The van der Waals surface area contributed by atoms with Crippen molar-refractivity contribution in [3.63, 3.8) is 0 Å². The van der Waals surface area contributed by atoms with E-state index in [-0.39, 0.29) is 30.1 Å². The Bertz CT molecular complexity index is 922. The van der Waals surface area contributed by atoms with Crippen LogP contribution >= 0.6 is 35.3 Å². The van der Waals surface area contributed by atoms with Gasteiger partial charge in [0.2, 0.25) is 0 Å². The molecule has 8 heteroatoms. The quantitative estimate of drug-likeness (QED) is 0.343. The van der Waals surface area contributed by atoms with Crippen LogP contribution in [0.15, 0.2) is 47.0 Å². The minimum absolute atomic E-state index is 0.